The Morgan fingerprint density at radius 3 is 2.08 bits per heavy atom. The van der Waals surface area contributed by atoms with Crippen LogP contribution < -0.4 is 4.74 Å². The molecule has 0 aliphatic rings. The topological polar surface area (TPSA) is 72.3 Å². The number of rotatable bonds is 1. The van der Waals surface area contributed by atoms with Crippen molar-refractivity contribution < 1.29 is 14.6 Å². The fraction of sp³-hybridized carbons (Fsp3) is 0. The zero-order valence-corrected chi connectivity index (χ0v) is 10.6. The summed E-state index contributed by atoms with van der Waals surface area (Å²) >= 11 is 9.08. The van der Waals surface area contributed by atoms with Crippen LogP contribution in [0.3, 0.4) is 0 Å². The van der Waals surface area contributed by atoms with Crippen molar-refractivity contribution in [1.29, 1.82) is 0 Å². The maximum Gasteiger partial charge on any atom is 0.511 e. The summed E-state index contributed by atoms with van der Waals surface area (Å²) in [6.45, 7) is 0. The summed E-state index contributed by atoms with van der Waals surface area (Å²) in [6.07, 6.45) is -1.42. The Morgan fingerprint density at radius 2 is 1.69 bits per heavy atom. The quantitative estimate of drug-likeness (QED) is 0.463. The Labute approximate surface area is 97.9 Å². The molecule has 0 aromatic carbocycles. The average molecular weight is 377 g/mol. The summed E-state index contributed by atoms with van der Waals surface area (Å²) in [5, 5.41) is 8.35. The van der Waals surface area contributed by atoms with Gasteiger partial charge in [-0.1, -0.05) is 0 Å². The first-order valence-corrected chi connectivity index (χ1v) is 5.18. The van der Waals surface area contributed by atoms with Crippen molar-refractivity contribution in [3.63, 3.8) is 0 Å². The SMILES string of the molecule is O=C(O)Oc1c(Br)nc(Br)nc1Br. The zero-order chi connectivity index (χ0) is 10.0. The van der Waals surface area contributed by atoms with Gasteiger partial charge in [-0.25, -0.2) is 14.8 Å². The molecule has 70 valence electrons. The van der Waals surface area contributed by atoms with E-state index in [-0.39, 0.29) is 15.0 Å². The molecular formula is C5HBr3N2O3. The number of halogens is 3. The summed E-state index contributed by atoms with van der Waals surface area (Å²) in [6, 6.07) is 0. The number of ether oxygens (including phenoxy) is 1. The second-order valence-corrected chi connectivity index (χ2v) is 3.98. The van der Waals surface area contributed by atoms with Crippen LogP contribution in [0.2, 0.25) is 0 Å². The molecular weight excluding hydrogens is 376 g/mol. The third kappa shape index (κ3) is 2.89. The van der Waals surface area contributed by atoms with Crippen molar-refractivity contribution >= 4 is 53.9 Å². The monoisotopic (exact) mass is 374 g/mol. The van der Waals surface area contributed by atoms with Crippen LogP contribution >= 0.6 is 47.8 Å². The lowest BCUT2D eigenvalue weighted by atomic mass is 10.6. The molecule has 0 saturated carbocycles. The van der Waals surface area contributed by atoms with E-state index >= 15 is 0 Å². The second-order valence-electron chi connectivity index (χ2n) is 1.77. The van der Waals surface area contributed by atoms with E-state index in [1.54, 1.807) is 0 Å². The smallest absolute Gasteiger partial charge is 0.449 e. The largest absolute Gasteiger partial charge is 0.511 e. The Hall–Kier alpha value is -0.210. The first-order valence-electron chi connectivity index (χ1n) is 2.80. The van der Waals surface area contributed by atoms with E-state index in [9.17, 15) is 4.79 Å². The Balaban J connectivity index is 3.13. The molecule has 1 heterocycles. The van der Waals surface area contributed by atoms with E-state index in [0.717, 1.165) is 0 Å². The highest BCUT2D eigenvalue weighted by atomic mass is 79.9. The predicted octanol–water partition coefficient (Wildman–Crippen LogP) is 2.82. The van der Waals surface area contributed by atoms with Crippen molar-refractivity contribution in [3.8, 4) is 5.75 Å². The molecule has 0 unspecified atom stereocenters. The minimum Gasteiger partial charge on any atom is -0.449 e. The van der Waals surface area contributed by atoms with E-state index in [0.29, 0.717) is 4.73 Å². The van der Waals surface area contributed by atoms with E-state index in [1.807, 2.05) is 0 Å². The summed E-state index contributed by atoms with van der Waals surface area (Å²) in [4.78, 5) is 17.8. The maximum atomic E-state index is 10.2. The van der Waals surface area contributed by atoms with Crippen molar-refractivity contribution in [2.45, 2.75) is 0 Å². The molecule has 8 heteroatoms. The Bertz CT molecular complexity index is 334. The average Bonchev–Trinajstić information content (AvgIpc) is 1.96. The van der Waals surface area contributed by atoms with Crippen LogP contribution in [0.4, 0.5) is 4.79 Å². The Morgan fingerprint density at radius 1 is 1.23 bits per heavy atom. The molecule has 5 nitrogen and oxygen atoms in total. The van der Waals surface area contributed by atoms with Crippen LogP contribution in [-0.4, -0.2) is 21.2 Å². The van der Waals surface area contributed by atoms with Crippen LogP contribution in [0.15, 0.2) is 13.9 Å². The van der Waals surface area contributed by atoms with Crippen LogP contribution in [0.25, 0.3) is 0 Å². The molecule has 0 aliphatic heterocycles. The molecule has 0 radical (unpaired) electrons. The number of hydrogen-bond donors (Lipinski definition) is 1. The first kappa shape index (κ1) is 10.9. The third-order valence-electron chi connectivity index (χ3n) is 0.945. The van der Waals surface area contributed by atoms with Gasteiger partial charge in [0.2, 0.25) is 0 Å². The van der Waals surface area contributed by atoms with Gasteiger partial charge in [-0.05, 0) is 47.8 Å². The molecule has 0 fully saturated rings. The molecule has 0 aliphatic carbocycles. The number of aromatic nitrogens is 2. The van der Waals surface area contributed by atoms with E-state index in [1.165, 1.54) is 0 Å². The number of carboxylic acid groups (broad SMARTS) is 1. The van der Waals surface area contributed by atoms with Crippen molar-refractivity contribution in [3.05, 3.63) is 13.9 Å². The summed E-state index contributed by atoms with van der Waals surface area (Å²) in [5.41, 5.74) is 0. The molecule has 13 heavy (non-hydrogen) atoms. The van der Waals surface area contributed by atoms with E-state index in [2.05, 4.69) is 62.5 Å². The minimum atomic E-state index is -1.42. The third-order valence-corrected chi connectivity index (χ3v) is 2.37. The molecule has 0 saturated heterocycles. The Kier molecular flexibility index (Phi) is 3.63. The molecule has 1 aromatic heterocycles. The van der Waals surface area contributed by atoms with Gasteiger partial charge >= 0.3 is 6.16 Å². The molecule has 1 aromatic rings. The standard InChI is InChI=1S/C5HBr3N2O3/c6-2-1(13-5(11)12)3(7)10-4(8)9-2/h(H,11,12). The summed E-state index contributed by atoms with van der Waals surface area (Å²) in [7, 11) is 0. The normalized spacial score (nSPS) is 9.77. The lowest BCUT2D eigenvalue weighted by Gasteiger charge is -2.03. The minimum absolute atomic E-state index is 0.0238. The van der Waals surface area contributed by atoms with Crippen LogP contribution in [0.5, 0.6) is 5.75 Å². The second kappa shape index (κ2) is 4.34. The van der Waals surface area contributed by atoms with Gasteiger partial charge in [0.15, 0.2) is 19.7 Å². The van der Waals surface area contributed by atoms with Gasteiger partial charge in [0, 0.05) is 0 Å². The van der Waals surface area contributed by atoms with Gasteiger partial charge in [-0.15, -0.1) is 0 Å². The van der Waals surface area contributed by atoms with Gasteiger partial charge in [0.25, 0.3) is 0 Å². The molecule has 0 atom stereocenters. The van der Waals surface area contributed by atoms with Gasteiger partial charge < -0.3 is 9.84 Å². The fourth-order valence-electron chi connectivity index (χ4n) is 0.545. The number of hydrogen-bond acceptors (Lipinski definition) is 4. The number of carbonyl (C=O) groups is 1. The maximum absolute atomic E-state index is 10.2. The predicted molar refractivity (Wildman–Crippen MR) is 53.8 cm³/mol. The lowest BCUT2D eigenvalue weighted by molar-refractivity contribution is 0.143. The van der Waals surface area contributed by atoms with Crippen LogP contribution in [0.1, 0.15) is 0 Å². The van der Waals surface area contributed by atoms with Gasteiger partial charge in [-0.2, -0.15) is 0 Å². The van der Waals surface area contributed by atoms with Crippen molar-refractivity contribution in [2.24, 2.45) is 0 Å². The molecule has 0 amide bonds. The van der Waals surface area contributed by atoms with E-state index in [4.69, 9.17) is 5.11 Å². The fourth-order valence-corrected chi connectivity index (χ4v) is 2.52. The highest BCUT2D eigenvalue weighted by molar-refractivity contribution is 9.11. The molecule has 0 bridgehead atoms. The summed E-state index contributed by atoms with van der Waals surface area (Å²) in [5.74, 6) is 0.0238. The van der Waals surface area contributed by atoms with Crippen LogP contribution in [0, 0.1) is 0 Å². The molecule has 1 rings (SSSR count). The highest BCUT2D eigenvalue weighted by Gasteiger charge is 2.14. The molecule has 0 spiro atoms. The van der Waals surface area contributed by atoms with Gasteiger partial charge in [-0.3, -0.25) is 0 Å². The van der Waals surface area contributed by atoms with Gasteiger partial charge in [0.05, 0.1) is 0 Å². The van der Waals surface area contributed by atoms with Gasteiger partial charge in [0.1, 0.15) is 0 Å². The lowest BCUT2D eigenvalue weighted by Crippen LogP contribution is -2.05. The van der Waals surface area contributed by atoms with Crippen LogP contribution in [-0.2, 0) is 0 Å². The summed E-state index contributed by atoms with van der Waals surface area (Å²) < 4.78 is 5.24. The highest BCUT2D eigenvalue weighted by Crippen LogP contribution is 2.31. The zero-order valence-electron chi connectivity index (χ0n) is 5.79. The van der Waals surface area contributed by atoms with E-state index < -0.39 is 6.16 Å². The first-order chi connectivity index (χ1) is 6.00. The molecule has 1 N–H and O–H groups in total. The number of nitrogens with zero attached hydrogens (tertiary/aromatic N) is 2. The van der Waals surface area contributed by atoms with Crippen molar-refractivity contribution in [2.75, 3.05) is 0 Å². The van der Waals surface area contributed by atoms with Crippen molar-refractivity contribution in [1.82, 2.24) is 9.97 Å².